The van der Waals surface area contributed by atoms with Gasteiger partial charge < -0.3 is 9.72 Å². The van der Waals surface area contributed by atoms with E-state index in [4.69, 9.17) is 4.74 Å². The maximum Gasteiger partial charge on any atom is 0.273 e. The van der Waals surface area contributed by atoms with Crippen molar-refractivity contribution < 1.29 is 17.5 Å². The Hall–Kier alpha value is -3.91. The van der Waals surface area contributed by atoms with Crippen molar-refractivity contribution in [3.05, 3.63) is 106 Å². The van der Waals surface area contributed by atoms with Gasteiger partial charge in [0.25, 0.3) is 5.56 Å². The molecular weight excluding hydrogens is 515 g/mol. The number of fused-ring (bicyclic) bond motifs is 1. The van der Waals surface area contributed by atoms with Crippen LogP contribution in [0.2, 0.25) is 0 Å². The van der Waals surface area contributed by atoms with E-state index in [0.717, 1.165) is 39.1 Å². The van der Waals surface area contributed by atoms with E-state index < -0.39 is 20.3 Å². The van der Waals surface area contributed by atoms with Crippen LogP contribution in [0.25, 0.3) is 27.6 Å². The van der Waals surface area contributed by atoms with Gasteiger partial charge in [0.2, 0.25) is 10.0 Å². The Bertz CT molecular complexity index is 1830. The fraction of sp³-hybridized carbons (Fsp3) is 0.258. The molecule has 0 amide bonds. The number of nitrogens with zero attached hydrogens (tertiary/aromatic N) is 1. The number of aromatic amines is 1. The summed E-state index contributed by atoms with van der Waals surface area (Å²) in [6.45, 7) is 4.13. The molecule has 4 aromatic rings. The topological polar surface area (TPSA) is 81.2 Å². The maximum atomic E-state index is 14.0. The van der Waals surface area contributed by atoms with E-state index in [-0.39, 0.29) is 17.8 Å². The molecule has 2 aromatic carbocycles. The van der Waals surface area contributed by atoms with E-state index in [2.05, 4.69) is 4.98 Å². The Labute approximate surface area is 226 Å². The maximum absolute atomic E-state index is 14.0. The van der Waals surface area contributed by atoms with Crippen LogP contribution in [0.5, 0.6) is 5.75 Å². The predicted octanol–water partition coefficient (Wildman–Crippen LogP) is 6.29. The van der Waals surface area contributed by atoms with E-state index in [1.165, 1.54) is 24.5 Å². The van der Waals surface area contributed by atoms with Crippen molar-refractivity contribution in [3.8, 4) is 16.9 Å². The third-order valence-corrected chi connectivity index (χ3v) is 10.4. The molecule has 2 heterocycles. The fourth-order valence-electron chi connectivity index (χ4n) is 5.12. The van der Waals surface area contributed by atoms with E-state index in [1.807, 2.05) is 43.3 Å². The quantitative estimate of drug-likeness (QED) is 0.296. The van der Waals surface area contributed by atoms with Crippen molar-refractivity contribution >= 4 is 26.5 Å². The Kier molecular flexibility index (Phi) is 6.10. The molecule has 0 spiro atoms. The number of rotatable bonds is 7. The summed E-state index contributed by atoms with van der Waals surface area (Å²) in [5, 5.41) is 0.561. The van der Waals surface area contributed by atoms with E-state index in [0.29, 0.717) is 29.2 Å². The van der Waals surface area contributed by atoms with Crippen LogP contribution in [0.1, 0.15) is 38.7 Å². The number of ether oxygens (including phenoxy) is 1. The number of pyridine rings is 1. The van der Waals surface area contributed by atoms with Crippen molar-refractivity contribution in [3.63, 3.8) is 0 Å². The monoisotopic (exact) mass is 544 g/mol. The molecule has 0 saturated heterocycles. The Morgan fingerprint density at radius 2 is 1.90 bits per heavy atom. The molecule has 1 N–H and O–H groups in total. The number of allylic oxidation sites excluding steroid dienone is 3. The number of hydrogen-bond donors (Lipinski definition) is 1. The first-order chi connectivity index (χ1) is 18.7. The molecule has 0 radical (unpaired) electrons. The fourth-order valence-corrected chi connectivity index (χ4v) is 6.96. The molecule has 1 atom stereocenters. The first-order valence-electron chi connectivity index (χ1n) is 13.0. The number of benzene rings is 2. The van der Waals surface area contributed by atoms with E-state index >= 15 is 0 Å². The van der Waals surface area contributed by atoms with Crippen LogP contribution in [0.15, 0.2) is 89.5 Å². The van der Waals surface area contributed by atoms with Crippen LogP contribution in [-0.4, -0.2) is 28.7 Å². The zero-order valence-corrected chi connectivity index (χ0v) is 22.6. The standard InChI is InChI=1S/C31H29FN2O4S/c1-20-16-25(10-13-31(20,2)39(36,37)34-15-12-22-11-14-33-30(35)29(22)34)27-18-24(23-4-3-5-26(32)17-23)8-9-28(27)38-19-21-6-7-21/h3-5,8-12,14-18,21H,6-7,13,19H2,1-2H3,(H,33,35). The summed E-state index contributed by atoms with van der Waals surface area (Å²) in [5.41, 5.74) is 3.58. The molecular formula is C31H29FN2O4S. The molecule has 1 fully saturated rings. The molecule has 200 valence electrons. The summed E-state index contributed by atoms with van der Waals surface area (Å²) >= 11 is 0. The lowest BCUT2D eigenvalue weighted by atomic mass is 9.86. The van der Waals surface area contributed by atoms with Crippen LogP contribution in [-0.2, 0) is 10.0 Å². The lowest BCUT2D eigenvalue weighted by Gasteiger charge is -2.33. The molecule has 1 unspecified atom stereocenters. The highest BCUT2D eigenvalue weighted by Gasteiger charge is 2.43. The highest BCUT2D eigenvalue weighted by molar-refractivity contribution is 7.91. The van der Waals surface area contributed by atoms with Gasteiger partial charge in [-0.05, 0) is 97.7 Å². The Balaban J connectivity index is 1.40. The molecule has 0 bridgehead atoms. The molecule has 2 aromatic heterocycles. The Morgan fingerprint density at radius 3 is 2.64 bits per heavy atom. The Morgan fingerprint density at radius 1 is 1.10 bits per heavy atom. The van der Waals surface area contributed by atoms with Crippen LogP contribution in [0.4, 0.5) is 4.39 Å². The molecule has 2 aliphatic rings. The molecule has 6 rings (SSSR count). The number of halogens is 1. The molecule has 0 aliphatic heterocycles. The SMILES string of the molecule is CC1=CC(c2cc(-c3cccc(F)c3)ccc2OCC2CC2)=CCC1(C)S(=O)(=O)n1ccc2cc[nH]c(=O)c21. The summed E-state index contributed by atoms with van der Waals surface area (Å²) < 4.78 is 48.0. The van der Waals surface area contributed by atoms with E-state index in [1.54, 1.807) is 25.1 Å². The second kappa shape index (κ2) is 9.38. The van der Waals surface area contributed by atoms with Gasteiger partial charge in [-0.3, -0.25) is 4.79 Å². The van der Waals surface area contributed by atoms with Gasteiger partial charge in [0.15, 0.2) is 0 Å². The molecule has 1 saturated carbocycles. The summed E-state index contributed by atoms with van der Waals surface area (Å²) in [7, 11) is -3.99. The predicted molar refractivity (Wildman–Crippen MR) is 152 cm³/mol. The van der Waals surface area contributed by atoms with Crippen LogP contribution in [0.3, 0.4) is 0 Å². The van der Waals surface area contributed by atoms with Crippen LogP contribution in [0, 0.1) is 11.7 Å². The van der Waals surface area contributed by atoms with Gasteiger partial charge in [-0.15, -0.1) is 0 Å². The average Bonchev–Trinajstić information content (AvgIpc) is 3.64. The van der Waals surface area contributed by atoms with Crippen molar-refractivity contribution in [1.82, 2.24) is 8.96 Å². The smallest absolute Gasteiger partial charge is 0.273 e. The van der Waals surface area contributed by atoms with Crippen molar-refractivity contribution in [2.45, 2.75) is 37.9 Å². The normalized spacial score (nSPS) is 19.6. The lowest BCUT2D eigenvalue weighted by molar-refractivity contribution is 0.299. The zero-order chi connectivity index (χ0) is 27.4. The molecule has 39 heavy (non-hydrogen) atoms. The second-order valence-electron chi connectivity index (χ2n) is 10.6. The molecule has 2 aliphatic carbocycles. The third kappa shape index (κ3) is 4.42. The molecule has 6 nitrogen and oxygen atoms in total. The van der Waals surface area contributed by atoms with Gasteiger partial charge in [-0.25, -0.2) is 16.8 Å². The minimum atomic E-state index is -3.99. The largest absolute Gasteiger partial charge is 0.493 e. The number of nitrogens with one attached hydrogen (secondary N) is 1. The first kappa shape index (κ1) is 25.4. The zero-order valence-electron chi connectivity index (χ0n) is 21.8. The van der Waals surface area contributed by atoms with Gasteiger partial charge in [-0.2, -0.15) is 0 Å². The van der Waals surface area contributed by atoms with Gasteiger partial charge in [0.05, 0.1) is 6.61 Å². The second-order valence-corrected chi connectivity index (χ2v) is 12.9. The average molecular weight is 545 g/mol. The highest BCUT2D eigenvalue weighted by Crippen LogP contribution is 2.42. The number of hydrogen-bond acceptors (Lipinski definition) is 4. The van der Waals surface area contributed by atoms with Gasteiger partial charge in [0.1, 0.15) is 21.8 Å². The first-order valence-corrected chi connectivity index (χ1v) is 14.5. The lowest BCUT2D eigenvalue weighted by Crippen LogP contribution is -2.41. The van der Waals surface area contributed by atoms with Gasteiger partial charge >= 0.3 is 0 Å². The number of H-pyrrole nitrogens is 1. The van der Waals surface area contributed by atoms with Gasteiger partial charge in [0, 0.05) is 23.3 Å². The van der Waals surface area contributed by atoms with Crippen molar-refractivity contribution in [2.24, 2.45) is 5.92 Å². The summed E-state index contributed by atoms with van der Waals surface area (Å²) in [6.07, 6.45) is 9.27. The molecule has 8 heteroatoms. The van der Waals surface area contributed by atoms with Crippen molar-refractivity contribution in [2.75, 3.05) is 6.61 Å². The van der Waals surface area contributed by atoms with Crippen LogP contribution < -0.4 is 10.3 Å². The minimum Gasteiger partial charge on any atom is -0.493 e. The summed E-state index contributed by atoms with van der Waals surface area (Å²) in [4.78, 5) is 15.1. The van der Waals surface area contributed by atoms with E-state index in [9.17, 15) is 17.6 Å². The summed E-state index contributed by atoms with van der Waals surface area (Å²) in [5.74, 6) is 0.964. The number of aromatic nitrogens is 2. The third-order valence-electron chi connectivity index (χ3n) is 7.94. The van der Waals surface area contributed by atoms with Crippen LogP contribution >= 0.6 is 0 Å². The van der Waals surface area contributed by atoms with Crippen molar-refractivity contribution in [1.29, 1.82) is 0 Å². The minimum absolute atomic E-state index is 0.111. The summed E-state index contributed by atoms with van der Waals surface area (Å²) in [6, 6.07) is 15.6. The van der Waals surface area contributed by atoms with Gasteiger partial charge in [-0.1, -0.05) is 30.4 Å². The highest BCUT2D eigenvalue weighted by atomic mass is 32.2.